The van der Waals surface area contributed by atoms with Crippen molar-refractivity contribution >= 4 is 21.4 Å². The maximum absolute atomic E-state index is 11.6. The zero-order chi connectivity index (χ0) is 16.3. The molecule has 0 bridgehead atoms. The van der Waals surface area contributed by atoms with Gasteiger partial charge in [0.25, 0.3) is 0 Å². The van der Waals surface area contributed by atoms with Crippen LogP contribution in [0.15, 0.2) is 29.1 Å². The van der Waals surface area contributed by atoms with Gasteiger partial charge >= 0.3 is 0 Å². The summed E-state index contributed by atoms with van der Waals surface area (Å²) in [5.41, 5.74) is 2.52. The molecular formula is C15H22N4O2S2. The molecule has 0 amide bonds. The highest BCUT2D eigenvalue weighted by atomic mass is 32.2. The van der Waals surface area contributed by atoms with E-state index in [1.165, 1.54) is 11.3 Å². The molecule has 1 aliphatic rings. The molecule has 3 rings (SSSR count). The first-order chi connectivity index (χ1) is 11.1. The highest BCUT2D eigenvalue weighted by molar-refractivity contribution is 7.89. The van der Waals surface area contributed by atoms with E-state index in [1.54, 1.807) is 18.3 Å². The molecule has 2 aromatic rings. The predicted molar refractivity (Wildman–Crippen MR) is 91.8 cm³/mol. The third kappa shape index (κ3) is 4.20. The Kier molecular flexibility index (Phi) is 5.15. The van der Waals surface area contributed by atoms with Crippen LogP contribution in [-0.2, 0) is 23.1 Å². The molecule has 0 aromatic carbocycles. The van der Waals surface area contributed by atoms with E-state index in [0.717, 1.165) is 26.1 Å². The summed E-state index contributed by atoms with van der Waals surface area (Å²) in [4.78, 5) is 2.40. The molecule has 1 aliphatic heterocycles. The maximum Gasteiger partial charge on any atom is 0.211 e. The van der Waals surface area contributed by atoms with Crippen LogP contribution < -0.4 is 4.72 Å². The first-order valence-corrected chi connectivity index (χ1v) is 10.4. The van der Waals surface area contributed by atoms with Crippen molar-refractivity contribution < 1.29 is 8.42 Å². The molecule has 0 saturated heterocycles. The zero-order valence-corrected chi connectivity index (χ0v) is 14.8. The van der Waals surface area contributed by atoms with Crippen LogP contribution >= 0.6 is 11.3 Å². The van der Waals surface area contributed by atoms with Crippen LogP contribution in [0.1, 0.15) is 30.6 Å². The molecular weight excluding hydrogens is 332 g/mol. The molecule has 3 heterocycles. The minimum absolute atomic E-state index is 0.120. The number of nitrogens with zero attached hydrogens (tertiary/aromatic N) is 3. The van der Waals surface area contributed by atoms with Crippen molar-refractivity contribution in [1.29, 1.82) is 0 Å². The zero-order valence-electron chi connectivity index (χ0n) is 13.2. The van der Waals surface area contributed by atoms with E-state index in [1.807, 2.05) is 16.9 Å². The second-order valence-corrected chi connectivity index (χ2v) is 8.68. The molecule has 0 aliphatic carbocycles. The predicted octanol–water partition coefficient (Wildman–Crippen LogP) is 1.83. The minimum Gasteiger partial charge on any atom is -0.291 e. The summed E-state index contributed by atoms with van der Waals surface area (Å²) in [5.74, 6) is 0.120. The fraction of sp³-hybridized carbons (Fsp3) is 0.533. The van der Waals surface area contributed by atoms with Gasteiger partial charge in [0.15, 0.2) is 0 Å². The van der Waals surface area contributed by atoms with Crippen molar-refractivity contribution in [3.63, 3.8) is 0 Å². The van der Waals surface area contributed by atoms with Gasteiger partial charge in [-0.05, 0) is 41.8 Å². The van der Waals surface area contributed by atoms with Gasteiger partial charge in [0.1, 0.15) is 0 Å². The van der Waals surface area contributed by atoms with Gasteiger partial charge in [-0.2, -0.15) is 16.4 Å². The van der Waals surface area contributed by atoms with Gasteiger partial charge in [-0.25, -0.2) is 13.1 Å². The van der Waals surface area contributed by atoms with Crippen molar-refractivity contribution in [3.8, 4) is 0 Å². The summed E-state index contributed by atoms with van der Waals surface area (Å²) in [6.07, 6.45) is 2.57. The van der Waals surface area contributed by atoms with E-state index in [0.29, 0.717) is 6.54 Å². The molecule has 2 aromatic heterocycles. The molecule has 126 valence electrons. The minimum atomic E-state index is -3.13. The summed E-state index contributed by atoms with van der Waals surface area (Å²) >= 11 is 1.71. The SMILES string of the molecule is CCS(=O)(=O)NCC[C@H]1CN(Cc2ccsc2)Cc2ccnn21. The normalized spacial score (nSPS) is 18.9. The van der Waals surface area contributed by atoms with Gasteiger partial charge < -0.3 is 0 Å². The van der Waals surface area contributed by atoms with Crippen LogP contribution in [0.25, 0.3) is 0 Å². The van der Waals surface area contributed by atoms with Crippen molar-refractivity contribution in [2.75, 3.05) is 18.8 Å². The van der Waals surface area contributed by atoms with Gasteiger partial charge in [0.2, 0.25) is 10.0 Å². The van der Waals surface area contributed by atoms with Gasteiger partial charge in [-0.3, -0.25) is 9.58 Å². The van der Waals surface area contributed by atoms with Gasteiger partial charge in [0, 0.05) is 32.4 Å². The fourth-order valence-electron chi connectivity index (χ4n) is 2.92. The molecule has 0 saturated carbocycles. The van der Waals surface area contributed by atoms with Crippen molar-refractivity contribution in [1.82, 2.24) is 19.4 Å². The monoisotopic (exact) mass is 354 g/mol. The number of sulfonamides is 1. The Morgan fingerprint density at radius 2 is 2.30 bits per heavy atom. The molecule has 6 nitrogen and oxygen atoms in total. The third-order valence-electron chi connectivity index (χ3n) is 4.12. The Morgan fingerprint density at radius 1 is 1.43 bits per heavy atom. The average molecular weight is 355 g/mol. The van der Waals surface area contributed by atoms with E-state index < -0.39 is 10.0 Å². The molecule has 8 heteroatoms. The Balaban J connectivity index is 1.64. The first-order valence-electron chi connectivity index (χ1n) is 7.80. The molecule has 0 fully saturated rings. The lowest BCUT2D eigenvalue weighted by molar-refractivity contribution is 0.162. The van der Waals surface area contributed by atoms with Crippen molar-refractivity contribution in [3.05, 3.63) is 40.3 Å². The standard InChI is InChI=1S/C15H22N4O2S2/c1-2-23(20,21)17-7-4-15-11-18(9-13-5-8-22-12-13)10-14-3-6-16-19(14)15/h3,5-6,8,12,15,17H,2,4,7,9-11H2,1H3/t15-/m0/s1. The highest BCUT2D eigenvalue weighted by Gasteiger charge is 2.25. The Hall–Kier alpha value is -1.22. The molecule has 23 heavy (non-hydrogen) atoms. The summed E-state index contributed by atoms with van der Waals surface area (Å²) in [5, 5.41) is 8.69. The van der Waals surface area contributed by atoms with E-state index in [2.05, 4.69) is 31.5 Å². The maximum atomic E-state index is 11.6. The van der Waals surface area contributed by atoms with Gasteiger partial charge in [-0.15, -0.1) is 0 Å². The van der Waals surface area contributed by atoms with Crippen LogP contribution in [0.2, 0.25) is 0 Å². The van der Waals surface area contributed by atoms with E-state index in [-0.39, 0.29) is 11.8 Å². The summed E-state index contributed by atoms with van der Waals surface area (Å²) in [6, 6.07) is 4.40. The number of hydrogen-bond donors (Lipinski definition) is 1. The number of thiophene rings is 1. The van der Waals surface area contributed by atoms with Crippen LogP contribution in [0, 0.1) is 0 Å². The van der Waals surface area contributed by atoms with Gasteiger partial charge in [0.05, 0.1) is 17.5 Å². The molecule has 1 atom stereocenters. The number of rotatable bonds is 7. The molecule has 0 spiro atoms. The number of fused-ring (bicyclic) bond motifs is 1. The topological polar surface area (TPSA) is 67.2 Å². The average Bonchev–Trinajstić information content (AvgIpc) is 3.18. The lowest BCUT2D eigenvalue weighted by Gasteiger charge is -2.33. The van der Waals surface area contributed by atoms with Crippen LogP contribution in [0.5, 0.6) is 0 Å². The molecule has 0 radical (unpaired) electrons. The highest BCUT2D eigenvalue weighted by Crippen LogP contribution is 2.24. The molecule has 0 unspecified atom stereocenters. The van der Waals surface area contributed by atoms with Crippen LogP contribution in [-0.4, -0.2) is 41.9 Å². The quantitative estimate of drug-likeness (QED) is 0.824. The number of nitrogens with one attached hydrogen (secondary N) is 1. The fourth-order valence-corrected chi connectivity index (χ4v) is 4.22. The van der Waals surface area contributed by atoms with Crippen LogP contribution in [0.4, 0.5) is 0 Å². The Morgan fingerprint density at radius 3 is 3.04 bits per heavy atom. The van der Waals surface area contributed by atoms with E-state index in [9.17, 15) is 8.42 Å². The van der Waals surface area contributed by atoms with Crippen LogP contribution in [0.3, 0.4) is 0 Å². The first kappa shape index (κ1) is 16.6. The number of aromatic nitrogens is 2. The lowest BCUT2D eigenvalue weighted by atomic mass is 10.1. The van der Waals surface area contributed by atoms with Crippen molar-refractivity contribution in [2.45, 2.75) is 32.5 Å². The Bertz CT molecular complexity index is 725. The summed E-state index contributed by atoms with van der Waals surface area (Å²) in [6.45, 7) is 4.79. The van der Waals surface area contributed by atoms with Gasteiger partial charge in [-0.1, -0.05) is 0 Å². The third-order valence-corrected chi connectivity index (χ3v) is 6.25. The van der Waals surface area contributed by atoms with E-state index >= 15 is 0 Å². The van der Waals surface area contributed by atoms with Crippen molar-refractivity contribution in [2.24, 2.45) is 0 Å². The summed E-state index contributed by atoms with van der Waals surface area (Å²) < 4.78 is 27.8. The smallest absolute Gasteiger partial charge is 0.211 e. The lowest BCUT2D eigenvalue weighted by Crippen LogP contribution is -2.39. The Labute approximate surface area is 141 Å². The largest absolute Gasteiger partial charge is 0.291 e. The number of hydrogen-bond acceptors (Lipinski definition) is 5. The molecule has 1 N–H and O–H groups in total. The van der Waals surface area contributed by atoms with E-state index in [4.69, 9.17) is 0 Å². The second-order valence-electron chi connectivity index (χ2n) is 5.81. The summed E-state index contributed by atoms with van der Waals surface area (Å²) in [7, 11) is -3.13. The second kappa shape index (κ2) is 7.12.